The van der Waals surface area contributed by atoms with E-state index in [1.807, 2.05) is 0 Å². The maximum absolute atomic E-state index is 13.3. The quantitative estimate of drug-likeness (QED) is 0.802. The van der Waals surface area contributed by atoms with Gasteiger partial charge < -0.3 is 10.2 Å². The zero-order chi connectivity index (χ0) is 13.6. The van der Waals surface area contributed by atoms with Crippen molar-refractivity contribution in [2.45, 2.75) is 0 Å². The molecule has 0 saturated carbocycles. The first-order valence-electron chi connectivity index (χ1n) is 5.48. The van der Waals surface area contributed by atoms with Crippen molar-refractivity contribution in [3.63, 3.8) is 0 Å². The van der Waals surface area contributed by atoms with Crippen LogP contribution < -0.4 is 10.2 Å². The van der Waals surface area contributed by atoms with Crippen LogP contribution in [0.4, 0.5) is 21.5 Å². The Morgan fingerprint density at radius 1 is 1.47 bits per heavy atom. The van der Waals surface area contributed by atoms with Crippen molar-refractivity contribution in [3.8, 4) is 6.07 Å². The highest BCUT2D eigenvalue weighted by molar-refractivity contribution is 7.13. The molecule has 0 fully saturated rings. The smallest absolute Gasteiger partial charge is 0.267 e. The molecule has 0 spiro atoms. The molecule has 0 radical (unpaired) electrons. The van der Waals surface area contributed by atoms with Crippen LogP contribution in [-0.2, 0) is 0 Å². The van der Waals surface area contributed by atoms with Gasteiger partial charge in [-0.3, -0.25) is 4.79 Å². The van der Waals surface area contributed by atoms with Crippen molar-refractivity contribution >= 4 is 34.3 Å². The lowest BCUT2D eigenvalue weighted by Gasteiger charge is -2.19. The Bertz CT molecular complexity index is 732. The lowest BCUT2D eigenvalue weighted by atomic mass is 10.2. The second-order valence-electron chi connectivity index (χ2n) is 4.11. The van der Waals surface area contributed by atoms with Gasteiger partial charge in [-0.05, 0) is 18.2 Å². The fourth-order valence-electron chi connectivity index (χ4n) is 2.13. The number of benzene rings is 1. The van der Waals surface area contributed by atoms with E-state index in [0.717, 1.165) is 0 Å². The van der Waals surface area contributed by atoms with Gasteiger partial charge in [0, 0.05) is 12.4 Å². The summed E-state index contributed by atoms with van der Waals surface area (Å²) in [6, 6.07) is 6.25. The highest BCUT2D eigenvalue weighted by Crippen LogP contribution is 2.41. The Kier molecular flexibility index (Phi) is 2.50. The number of anilines is 3. The number of thiophene rings is 1. The number of halogens is 1. The number of rotatable bonds is 0. The average Bonchev–Trinajstić information content (AvgIpc) is 2.78. The molecule has 0 unspecified atom stereocenters. The number of carbonyl (C=O) groups excluding carboxylic acids is 1. The lowest BCUT2D eigenvalue weighted by Crippen LogP contribution is -2.10. The molecule has 0 atom stereocenters. The van der Waals surface area contributed by atoms with Gasteiger partial charge in [0.2, 0.25) is 0 Å². The van der Waals surface area contributed by atoms with E-state index in [-0.39, 0.29) is 5.91 Å². The minimum Gasteiger partial charge on any atom is -0.340 e. The fourth-order valence-corrected chi connectivity index (χ4v) is 3.04. The molecule has 94 valence electrons. The summed E-state index contributed by atoms with van der Waals surface area (Å²) in [5.41, 5.74) is 2.06. The number of hydrogen-bond donors (Lipinski definition) is 1. The number of fused-ring (bicyclic) bond motifs is 2. The van der Waals surface area contributed by atoms with Crippen LogP contribution >= 0.6 is 11.3 Å². The van der Waals surface area contributed by atoms with Crippen molar-refractivity contribution in [1.82, 2.24) is 0 Å². The van der Waals surface area contributed by atoms with Crippen LogP contribution in [0.25, 0.3) is 0 Å². The summed E-state index contributed by atoms with van der Waals surface area (Å²) in [7, 11) is 1.75. The van der Waals surface area contributed by atoms with E-state index in [2.05, 4.69) is 11.4 Å². The van der Waals surface area contributed by atoms with E-state index in [9.17, 15) is 9.18 Å². The predicted octanol–water partition coefficient (Wildman–Crippen LogP) is 3.09. The molecular weight excluding hydrogens is 265 g/mol. The van der Waals surface area contributed by atoms with Crippen LogP contribution in [0, 0.1) is 17.1 Å². The molecule has 0 bridgehead atoms. The number of nitriles is 1. The summed E-state index contributed by atoms with van der Waals surface area (Å²) in [6.07, 6.45) is 0. The third-order valence-electron chi connectivity index (χ3n) is 3.00. The SMILES string of the molecule is CN1c2ccc(F)cc2NC(=O)c2scc(C#N)c21. The molecule has 1 aromatic heterocycles. The molecule has 19 heavy (non-hydrogen) atoms. The molecule has 3 rings (SSSR count). The third kappa shape index (κ3) is 1.67. The summed E-state index contributed by atoms with van der Waals surface area (Å²) < 4.78 is 13.3. The first-order valence-corrected chi connectivity index (χ1v) is 6.36. The maximum Gasteiger partial charge on any atom is 0.267 e. The standard InChI is InChI=1S/C13H8FN3OS/c1-17-10-3-2-8(14)4-9(10)16-13(18)12-11(17)7(5-15)6-19-12/h2-4,6H,1H3,(H,16,18). The van der Waals surface area contributed by atoms with E-state index >= 15 is 0 Å². The van der Waals surface area contributed by atoms with Gasteiger partial charge in [0.05, 0.1) is 22.6 Å². The van der Waals surface area contributed by atoms with Gasteiger partial charge in [-0.25, -0.2) is 4.39 Å². The van der Waals surface area contributed by atoms with Crippen LogP contribution in [0.5, 0.6) is 0 Å². The van der Waals surface area contributed by atoms with Crippen molar-refractivity contribution < 1.29 is 9.18 Å². The third-order valence-corrected chi connectivity index (χ3v) is 3.96. The van der Waals surface area contributed by atoms with Gasteiger partial charge in [-0.15, -0.1) is 11.3 Å². The number of nitrogens with zero attached hydrogens (tertiary/aromatic N) is 2. The van der Waals surface area contributed by atoms with E-state index in [4.69, 9.17) is 5.26 Å². The summed E-state index contributed by atoms with van der Waals surface area (Å²) in [5.74, 6) is -0.740. The van der Waals surface area contributed by atoms with E-state index in [1.54, 1.807) is 23.4 Å². The molecule has 0 aliphatic carbocycles. The zero-order valence-electron chi connectivity index (χ0n) is 9.90. The highest BCUT2D eigenvalue weighted by Gasteiger charge is 2.27. The van der Waals surface area contributed by atoms with Crippen LogP contribution in [0.2, 0.25) is 0 Å². The van der Waals surface area contributed by atoms with Gasteiger partial charge in [0.15, 0.2) is 0 Å². The summed E-state index contributed by atoms with van der Waals surface area (Å²) in [4.78, 5) is 14.3. The summed E-state index contributed by atoms with van der Waals surface area (Å²) in [5, 5.41) is 13.4. The molecular formula is C13H8FN3OS. The first kappa shape index (κ1) is 11.7. The Labute approximate surface area is 112 Å². The summed E-state index contributed by atoms with van der Waals surface area (Å²) >= 11 is 1.21. The highest BCUT2D eigenvalue weighted by atomic mass is 32.1. The molecule has 2 heterocycles. The number of amides is 1. The molecule has 1 N–H and O–H groups in total. The lowest BCUT2D eigenvalue weighted by molar-refractivity contribution is 0.103. The van der Waals surface area contributed by atoms with Crippen molar-refractivity contribution in [2.75, 3.05) is 17.3 Å². The van der Waals surface area contributed by atoms with Crippen LogP contribution in [0.15, 0.2) is 23.6 Å². The molecule has 6 heteroatoms. The number of nitrogens with one attached hydrogen (secondary N) is 1. The Balaban J connectivity index is 2.27. The summed E-state index contributed by atoms with van der Waals surface area (Å²) in [6.45, 7) is 0. The largest absolute Gasteiger partial charge is 0.340 e. The van der Waals surface area contributed by atoms with Gasteiger partial charge in [0.25, 0.3) is 5.91 Å². The molecule has 2 aromatic rings. The second-order valence-corrected chi connectivity index (χ2v) is 4.99. The molecule has 1 aliphatic heterocycles. The van der Waals surface area contributed by atoms with Crippen LogP contribution in [0.3, 0.4) is 0 Å². The predicted molar refractivity (Wildman–Crippen MR) is 71.5 cm³/mol. The van der Waals surface area contributed by atoms with E-state index in [1.165, 1.54) is 23.5 Å². The number of hydrogen-bond acceptors (Lipinski definition) is 4. The fraction of sp³-hybridized carbons (Fsp3) is 0.0769. The van der Waals surface area contributed by atoms with Crippen LogP contribution in [-0.4, -0.2) is 13.0 Å². The zero-order valence-corrected chi connectivity index (χ0v) is 10.7. The minimum absolute atomic E-state index is 0.322. The Morgan fingerprint density at radius 3 is 3.00 bits per heavy atom. The van der Waals surface area contributed by atoms with Gasteiger partial charge >= 0.3 is 0 Å². The Morgan fingerprint density at radius 2 is 2.26 bits per heavy atom. The molecule has 1 aliphatic rings. The van der Waals surface area contributed by atoms with Crippen molar-refractivity contribution in [3.05, 3.63) is 39.8 Å². The molecule has 4 nitrogen and oxygen atoms in total. The monoisotopic (exact) mass is 273 g/mol. The normalized spacial score (nSPS) is 13.1. The molecule has 1 aromatic carbocycles. The first-order chi connectivity index (χ1) is 9.11. The van der Waals surface area contributed by atoms with Gasteiger partial charge in [-0.1, -0.05) is 0 Å². The minimum atomic E-state index is -0.418. The number of carbonyl (C=O) groups is 1. The Hall–Kier alpha value is -2.39. The van der Waals surface area contributed by atoms with E-state index in [0.29, 0.717) is 27.5 Å². The maximum atomic E-state index is 13.3. The molecule has 0 saturated heterocycles. The van der Waals surface area contributed by atoms with Crippen molar-refractivity contribution in [2.24, 2.45) is 0 Å². The van der Waals surface area contributed by atoms with E-state index < -0.39 is 5.82 Å². The van der Waals surface area contributed by atoms with Gasteiger partial charge in [0.1, 0.15) is 16.8 Å². The topological polar surface area (TPSA) is 56.1 Å². The van der Waals surface area contributed by atoms with Gasteiger partial charge in [-0.2, -0.15) is 5.26 Å². The second kappa shape index (κ2) is 4.07. The van der Waals surface area contributed by atoms with Crippen LogP contribution in [0.1, 0.15) is 15.2 Å². The average molecular weight is 273 g/mol. The molecule has 1 amide bonds. The van der Waals surface area contributed by atoms with Crippen molar-refractivity contribution in [1.29, 1.82) is 5.26 Å².